The van der Waals surface area contributed by atoms with Gasteiger partial charge in [0.25, 0.3) is 0 Å². The van der Waals surface area contributed by atoms with Crippen molar-refractivity contribution < 1.29 is 18.7 Å². The Kier molecular flexibility index (Phi) is 6.49. The van der Waals surface area contributed by atoms with Crippen molar-refractivity contribution in [1.82, 2.24) is 19.4 Å². The zero-order valence-corrected chi connectivity index (χ0v) is 23.3. The number of benzene rings is 1. The summed E-state index contributed by atoms with van der Waals surface area (Å²) in [6.07, 6.45) is 6.90. The van der Waals surface area contributed by atoms with Gasteiger partial charge in [0.05, 0.1) is 22.5 Å². The molecule has 1 aliphatic carbocycles. The second-order valence-electron chi connectivity index (χ2n) is 11.0. The van der Waals surface area contributed by atoms with E-state index in [4.69, 9.17) is 4.98 Å². The van der Waals surface area contributed by atoms with Gasteiger partial charge in [-0.3, -0.25) is 9.78 Å². The molecule has 1 aliphatic heterocycles. The maximum Gasteiger partial charge on any atom is 0.341 e. The summed E-state index contributed by atoms with van der Waals surface area (Å²) in [6.45, 7) is 1.55. The number of aryl methyl sites for hydroxylation is 1. The lowest BCUT2D eigenvalue weighted by Gasteiger charge is -2.32. The summed E-state index contributed by atoms with van der Waals surface area (Å²) in [5.41, 5.74) is 4.30. The van der Waals surface area contributed by atoms with Crippen LogP contribution in [0, 0.1) is 11.6 Å². The summed E-state index contributed by atoms with van der Waals surface area (Å²) < 4.78 is 31.2. The van der Waals surface area contributed by atoms with Crippen molar-refractivity contribution in [2.45, 2.75) is 25.3 Å². The monoisotopic (exact) mass is 560 g/mol. The Balaban J connectivity index is 1.65. The highest BCUT2D eigenvalue weighted by Crippen LogP contribution is 2.50. The van der Waals surface area contributed by atoms with Crippen LogP contribution in [0.4, 0.5) is 20.2 Å². The van der Waals surface area contributed by atoms with Crippen LogP contribution < -0.4 is 15.6 Å². The fraction of sp³-hybridized carbons (Fsp3) is 0.333. The summed E-state index contributed by atoms with van der Waals surface area (Å²) in [7, 11) is 7.25. The van der Waals surface area contributed by atoms with Gasteiger partial charge in [-0.05, 0) is 50.2 Å². The van der Waals surface area contributed by atoms with Crippen molar-refractivity contribution in [2.75, 3.05) is 44.4 Å². The fourth-order valence-electron chi connectivity index (χ4n) is 6.37. The molecular weight excluding hydrogens is 530 g/mol. The number of pyridine rings is 3. The number of likely N-dealkylation sites (N-methyl/N-ethyl adjacent to an activating group) is 1. The summed E-state index contributed by atoms with van der Waals surface area (Å²) in [6, 6.07) is 3.06. The van der Waals surface area contributed by atoms with Gasteiger partial charge in [-0.1, -0.05) is 0 Å². The van der Waals surface area contributed by atoms with Gasteiger partial charge >= 0.3 is 5.97 Å². The first-order chi connectivity index (χ1) is 19.6. The Morgan fingerprint density at radius 2 is 1.98 bits per heavy atom. The van der Waals surface area contributed by atoms with E-state index in [0.717, 1.165) is 37.2 Å². The Labute approximate surface area is 235 Å². The van der Waals surface area contributed by atoms with E-state index in [9.17, 15) is 23.5 Å². The van der Waals surface area contributed by atoms with Gasteiger partial charge < -0.3 is 24.8 Å². The molecule has 2 N–H and O–H groups in total. The predicted molar refractivity (Wildman–Crippen MR) is 154 cm³/mol. The maximum atomic E-state index is 14.9. The van der Waals surface area contributed by atoms with Crippen LogP contribution in [-0.4, -0.2) is 70.8 Å². The van der Waals surface area contributed by atoms with Crippen molar-refractivity contribution >= 4 is 28.4 Å². The molecule has 0 spiro atoms. The SMILES string of the molecule is CNc1c(F)c(F)cc2c1Cc1ncc(-c3cnc4c(c3)c(=O)c(C(=O)O)cn4C)c(N3CCC[C@H]3CN(C)C)c1-2. The number of carboxylic acid groups (broad SMARTS) is 1. The summed E-state index contributed by atoms with van der Waals surface area (Å²) in [5.74, 6) is -3.18. The molecule has 1 atom stereocenters. The highest BCUT2D eigenvalue weighted by molar-refractivity contribution is 5.98. The van der Waals surface area contributed by atoms with E-state index in [1.54, 1.807) is 32.6 Å². The lowest BCUT2D eigenvalue weighted by Crippen LogP contribution is -2.38. The van der Waals surface area contributed by atoms with Crippen LogP contribution in [0.3, 0.4) is 0 Å². The lowest BCUT2D eigenvalue weighted by atomic mass is 9.96. The highest BCUT2D eigenvalue weighted by atomic mass is 19.2. The summed E-state index contributed by atoms with van der Waals surface area (Å²) >= 11 is 0. The van der Waals surface area contributed by atoms with Gasteiger partial charge in [0.2, 0.25) is 5.43 Å². The number of carbonyl (C=O) groups is 1. The first-order valence-electron chi connectivity index (χ1n) is 13.5. The minimum absolute atomic E-state index is 0.119. The molecule has 1 fully saturated rings. The zero-order chi connectivity index (χ0) is 29.2. The van der Waals surface area contributed by atoms with Crippen LogP contribution in [0.2, 0.25) is 0 Å². The van der Waals surface area contributed by atoms with Crippen molar-refractivity contribution in [2.24, 2.45) is 7.05 Å². The van der Waals surface area contributed by atoms with E-state index in [0.29, 0.717) is 40.0 Å². The molecule has 212 valence electrons. The second-order valence-corrected chi connectivity index (χ2v) is 11.0. The number of carboxylic acids is 1. The predicted octanol–water partition coefficient (Wildman–Crippen LogP) is 4.12. The van der Waals surface area contributed by atoms with Crippen molar-refractivity contribution in [3.05, 3.63) is 69.4 Å². The molecule has 9 nitrogen and oxygen atoms in total. The average Bonchev–Trinajstić information content (AvgIpc) is 3.54. The number of anilines is 2. The topological polar surface area (TPSA) is 104 Å². The number of aromatic nitrogens is 3. The molecular formula is C30H30F2N6O3. The number of hydrogen-bond acceptors (Lipinski definition) is 7. The Morgan fingerprint density at radius 3 is 2.68 bits per heavy atom. The van der Waals surface area contributed by atoms with Crippen molar-refractivity contribution in [3.63, 3.8) is 0 Å². The molecule has 0 unspecified atom stereocenters. The van der Waals surface area contributed by atoms with Crippen LogP contribution in [-0.2, 0) is 13.5 Å². The van der Waals surface area contributed by atoms with Gasteiger partial charge in [0.1, 0.15) is 11.2 Å². The Hall–Kier alpha value is -4.38. The molecule has 4 aromatic rings. The van der Waals surface area contributed by atoms with Crippen LogP contribution in [0.1, 0.15) is 34.5 Å². The Morgan fingerprint density at radius 1 is 1.20 bits per heavy atom. The fourth-order valence-corrected chi connectivity index (χ4v) is 6.37. The van der Waals surface area contributed by atoms with Gasteiger partial charge in [-0.15, -0.1) is 0 Å². The summed E-state index contributed by atoms with van der Waals surface area (Å²) in [4.78, 5) is 38.6. The minimum Gasteiger partial charge on any atom is -0.477 e. The van der Waals surface area contributed by atoms with Gasteiger partial charge in [0.15, 0.2) is 11.6 Å². The molecule has 1 saturated heterocycles. The number of fused-ring (bicyclic) bond motifs is 4. The number of hydrogen-bond donors (Lipinski definition) is 2. The third kappa shape index (κ3) is 4.22. The number of aromatic carboxylic acids is 1. The highest BCUT2D eigenvalue weighted by Gasteiger charge is 2.36. The maximum absolute atomic E-state index is 14.9. The molecule has 4 heterocycles. The number of nitrogens with zero attached hydrogens (tertiary/aromatic N) is 5. The standard InChI is InChI=1S/C30H30F2N6O3/c1-33-26-18-10-23-24(17(18)9-22(31)25(26)32)27(38-7-5-6-16(38)13-36(2)3)20(12-34-23)15-8-19-28(39)21(30(40)41)14-37(4)29(19)35-11-15/h8-9,11-12,14,16,33H,5-7,10,13H2,1-4H3,(H,40,41)/t16-/m0/s1. The first-order valence-corrected chi connectivity index (χ1v) is 13.5. The van der Waals surface area contributed by atoms with Gasteiger partial charge in [-0.2, -0.15) is 0 Å². The number of nitrogens with one attached hydrogen (secondary N) is 1. The largest absolute Gasteiger partial charge is 0.477 e. The Bertz CT molecular complexity index is 1800. The van der Waals surface area contributed by atoms with Gasteiger partial charge in [-0.25, -0.2) is 18.6 Å². The molecule has 0 bridgehead atoms. The van der Waals surface area contributed by atoms with Crippen molar-refractivity contribution in [3.8, 4) is 22.3 Å². The van der Waals surface area contributed by atoms with Crippen molar-refractivity contribution in [1.29, 1.82) is 0 Å². The molecule has 0 radical (unpaired) electrons. The molecule has 0 amide bonds. The van der Waals surface area contributed by atoms with Gasteiger partial charge in [0, 0.05) is 74.9 Å². The van der Waals surface area contributed by atoms with Crippen LogP contribution >= 0.6 is 0 Å². The molecule has 0 saturated carbocycles. The smallest absolute Gasteiger partial charge is 0.341 e. The molecule has 41 heavy (non-hydrogen) atoms. The van der Waals surface area contributed by atoms with Crippen LogP contribution in [0.5, 0.6) is 0 Å². The zero-order valence-electron chi connectivity index (χ0n) is 23.3. The molecule has 2 aliphatic rings. The third-order valence-corrected chi connectivity index (χ3v) is 8.12. The normalized spacial score (nSPS) is 16.0. The first kappa shape index (κ1) is 26.8. The van der Waals surface area contributed by atoms with E-state index < -0.39 is 23.0 Å². The number of halogens is 2. The van der Waals surface area contributed by atoms with Crippen LogP contribution in [0.15, 0.2) is 35.5 Å². The lowest BCUT2D eigenvalue weighted by molar-refractivity contribution is 0.0695. The number of rotatable bonds is 6. The van der Waals surface area contributed by atoms with E-state index in [2.05, 4.69) is 20.1 Å². The quantitative estimate of drug-likeness (QED) is 0.320. The molecule has 6 rings (SSSR count). The summed E-state index contributed by atoms with van der Waals surface area (Å²) in [5, 5.41) is 12.6. The molecule has 11 heteroatoms. The minimum atomic E-state index is -1.31. The molecule has 1 aromatic carbocycles. The van der Waals surface area contributed by atoms with Crippen LogP contribution in [0.25, 0.3) is 33.3 Å². The average molecular weight is 561 g/mol. The second kappa shape index (κ2) is 9.91. The van der Waals surface area contributed by atoms with E-state index in [-0.39, 0.29) is 22.7 Å². The van der Waals surface area contributed by atoms with E-state index in [1.807, 2.05) is 14.1 Å². The van der Waals surface area contributed by atoms with E-state index >= 15 is 0 Å². The third-order valence-electron chi connectivity index (χ3n) is 8.12. The molecule has 3 aromatic heterocycles. The van der Waals surface area contributed by atoms with E-state index in [1.165, 1.54) is 16.8 Å².